The minimum atomic E-state index is -4.29. The van der Waals surface area contributed by atoms with Crippen LogP contribution in [0.5, 0.6) is 0 Å². The molecule has 1 fully saturated rings. The third-order valence-corrected chi connectivity index (χ3v) is 16.5. The van der Waals surface area contributed by atoms with E-state index in [1.165, 1.54) is 12.9 Å². The number of anilines is 3. The number of hydrogen-bond donors (Lipinski definition) is 0. The molecule has 6 aromatic carbocycles. The van der Waals surface area contributed by atoms with Crippen LogP contribution in [-0.4, -0.2) is 120 Å². The molecule has 0 radical (unpaired) electrons. The van der Waals surface area contributed by atoms with Gasteiger partial charge >= 0.3 is 0 Å². The summed E-state index contributed by atoms with van der Waals surface area (Å²) in [5.74, 6) is 0. The highest BCUT2D eigenvalue weighted by atomic mass is 32.2. The average molecular weight is 829 g/mol. The van der Waals surface area contributed by atoms with Crippen molar-refractivity contribution in [2.24, 2.45) is 0 Å². The van der Waals surface area contributed by atoms with Crippen LogP contribution in [-0.2, 0) is 30.1 Å². The summed E-state index contributed by atoms with van der Waals surface area (Å²) in [6.45, 7) is -1.21. The van der Waals surface area contributed by atoms with E-state index in [-0.39, 0.29) is 54.0 Å². The van der Waals surface area contributed by atoms with Crippen LogP contribution in [0.1, 0.15) is 0 Å². The Kier molecular flexibility index (Phi) is 11.0. The fourth-order valence-corrected chi connectivity index (χ4v) is 12.7. The molecule has 0 spiro atoms. The molecule has 300 valence electrons. The zero-order valence-electron chi connectivity index (χ0n) is 33.0. The van der Waals surface area contributed by atoms with Crippen molar-refractivity contribution in [3.05, 3.63) is 109 Å². The lowest BCUT2D eigenvalue weighted by atomic mass is 10.1. The van der Waals surface area contributed by atoms with Gasteiger partial charge in [-0.3, -0.25) is 0 Å². The van der Waals surface area contributed by atoms with Gasteiger partial charge in [0.05, 0.1) is 14.7 Å². The molecular weight excluding hydrogens is 781 g/mol. The molecule has 15 heteroatoms. The molecule has 7 rings (SSSR count). The molecule has 1 heterocycles. The van der Waals surface area contributed by atoms with E-state index in [0.29, 0.717) is 16.2 Å². The van der Waals surface area contributed by atoms with E-state index < -0.39 is 30.1 Å². The van der Waals surface area contributed by atoms with Crippen molar-refractivity contribution in [3.63, 3.8) is 0 Å². The molecule has 1 aliphatic heterocycles. The molecule has 6 aromatic rings. The van der Waals surface area contributed by atoms with Gasteiger partial charge in [0, 0.05) is 131 Å². The molecule has 0 bridgehead atoms. The summed E-state index contributed by atoms with van der Waals surface area (Å²) in [5.41, 5.74) is 2.51. The molecule has 0 aromatic heterocycles. The van der Waals surface area contributed by atoms with Gasteiger partial charge in [-0.1, -0.05) is 72.8 Å². The van der Waals surface area contributed by atoms with Crippen LogP contribution >= 0.6 is 0 Å². The van der Waals surface area contributed by atoms with Crippen molar-refractivity contribution >= 4 is 79.4 Å². The Hall–Kier alpha value is -4.77. The molecule has 0 aliphatic carbocycles. The highest BCUT2D eigenvalue weighted by molar-refractivity contribution is 7.90. The molecule has 12 nitrogen and oxygen atoms in total. The molecule has 0 N–H and O–H groups in total. The zero-order valence-corrected chi connectivity index (χ0v) is 35.4. The predicted molar refractivity (Wildman–Crippen MR) is 231 cm³/mol. The van der Waals surface area contributed by atoms with Gasteiger partial charge < -0.3 is 14.7 Å². The van der Waals surface area contributed by atoms with Gasteiger partial charge in [-0.05, 0) is 36.4 Å². The van der Waals surface area contributed by atoms with E-state index in [1.807, 2.05) is 93.4 Å². The van der Waals surface area contributed by atoms with Gasteiger partial charge in [0.1, 0.15) is 0 Å². The Morgan fingerprint density at radius 1 is 0.333 bits per heavy atom. The molecular formula is C42H48N6O6S3. The lowest BCUT2D eigenvalue weighted by Crippen LogP contribution is -2.41. The fourth-order valence-electron chi connectivity index (χ4n) is 7.78. The molecule has 0 amide bonds. The maximum absolute atomic E-state index is 14.8. The van der Waals surface area contributed by atoms with Gasteiger partial charge in [-0.2, -0.15) is 12.9 Å². The quantitative estimate of drug-likeness (QED) is 0.180. The van der Waals surface area contributed by atoms with Crippen LogP contribution < -0.4 is 14.7 Å². The second kappa shape index (κ2) is 15.5. The Labute approximate surface area is 336 Å². The first kappa shape index (κ1) is 40.4. The first-order valence-electron chi connectivity index (χ1n) is 18.6. The smallest absolute Gasteiger partial charge is 0.243 e. The molecule has 0 atom stereocenters. The average Bonchev–Trinajstić information content (AvgIpc) is 3.31. The van der Waals surface area contributed by atoms with Gasteiger partial charge in [0.15, 0.2) is 0 Å². The third kappa shape index (κ3) is 7.32. The van der Waals surface area contributed by atoms with E-state index in [9.17, 15) is 25.3 Å². The van der Waals surface area contributed by atoms with Crippen LogP contribution in [0.4, 0.5) is 17.1 Å². The number of benzene rings is 6. The van der Waals surface area contributed by atoms with Gasteiger partial charge in [0.2, 0.25) is 30.1 Å². The summed E-state index contributed by atoms with van der Waals surface area (Å²) in [7, 11) is -1.57. The summed E-state index contributed by atoms with van der Waals surface area (Å²) in [5, 5.41) is 3.75. The maximum Gasteiger partial charge on any atom is 0.243 e. The van der Waals surface area contributed by atoms with Crippen molar-refractivity contribution in [1.29, 1.82) is 0 Å². The van der Waals surface area contributed by atoms with E-state index >= 15 is 0 Å². The Balaban J connectivity index is 1.35. The van der Waals surface area contributed by atoms with Crippen molar-refractivity contribution in [1.82, 2.24) is 12.9 Å². The number of sulfonamides is 3. The van der Waals surface area contributed by atoms with E-state index in [4.69, 9.17) is 0 Å². The van der Waals surface area contributed by atoms with Crippen LogP contribution in [0.15, 0.2) is 124 Å². The Morgan fingerprint density at radius 2 is 0.544 bits per heavy atom. The molecule has 1 saturated heterocycles. The number of fused-ring (bicyclic) bond motifs is 3. The summed E-state index contributed by atoms with van der Waals surface area (Å²) in [6, 6.07) is 31.7. The molecule has 1 aliphatic rings. The van der Waals surface area contributed by atoms with Crippen LogP contribution in [0.3, 0.4) is 0 Å². The number of rotatable bonds is 9. The van der Waals surface area contributed by atoms with Crippen LogP contribution in [0.25, 0.3) is 32.3 Å². The second-order valence-electron chi connectivity index (χ2n) is 14.8. The van der Waals surface area contributed by atoms with Crippen molar-refractivity contribution < 1.29 is 25.3 Å². The minimum absolute atomic E-state index is 0.0577. The standard InChI is InChI=1S/C42H48N6O6S3/c1-43(2)37-19-7-16-34-31(37)13-10-22-40(34)55(49,50)46-25-27-47(56(51,52)41-23-11-14-32-35(41)17-8-20-38(32)44(3)4)29-30-48(28-26-46)57(53,54)42-24-12-15-33-36(42)18-9-21-39(33)45(5)6/h7-24H,25-30H2,1-6H3. The van der Waals surface area contributed by atoms with Gasteiger partial charge in [-0.25, -0.2) is 25.3 Å². The topological polar surface area (TPSA) is 122 Å². The summed E-state index contributed by atoms with van der Waals surface area (Å²) >= 11 is 0. The summed E-state index contributed by atoms with van der Waals surface area (Å²) < 4.78 is 92.7. The Morgan fingerprint density at radius 3 is 0.772 bits per heavy atom. The molecule has 57 heavy (non-hydrogen) atoms. The largest absolute Gasteiger partial charge is 0.377 e. The molecule has 0 unspecified atom stereocenters. The number of nitrogens with zero attached hydrogens (tertiary/aromatic N) is 6. The highest BCUT2D eigenvalue weighted by Gasteiger charge is 2.36. The van der Waals surface area contributed by atoms with E-state index in [2.05, 4.69) is 0 Å². The van der Waals surface area contributed by atoms with Crippen molar-refractivity contribution in [3.8, 4) is 0 Å². The molecule has 0 saturated carbocycles. The monoisotopic (exact) mass is 828 g/mol. The first-order valence-corrected chi connectivity index (χ1v) is 22.9. The Bertz CT molecular complexity index is 2510. The number of hydrogen-bond acceptors (Lipinski definition) is 9. The summed E-state index contributed by atoms with van der Waals surface area (Å²) in [6.07, 6.45) is 0. The normalized spacial score (nSPS) is 15.7. The first-order chi connectivity index (χ1) is 27.0. The highest BCUT2D eigenvalue weighted by Crippen LogP contribution is 2.35. The lowest BCUT2D eigenvalue weighted by molar-refractivity contribution is 0.365. The van der Waals surface area contributed by atoms with Crippen molar-refractivity contribution in [2.45, 2.75) is 14.7 Å². The third-order valence-electron chi connectivity index (χ3n) is 10.7. The fraction of sp³-hybridized carbons (Fsp3) is 0.286. The summed E-state index contributed by atoms with van der Waals surface area (Å²) in [4.78, 5) is 5.91. The van der Waals surface area contributed by atoms with E-state index in [1.54, 1.807) is 72.8 Å². The maximum atomic E-state index is 14.8. The predicted octanol–water partition coefficient (Wildman–Crippen LogP) is 5.73. The van der Waals surface area contributed by atoms with E-state index in [0.717, 1.165) is 33.2 Å². The van der Waals surface area contributed by atoms with Crippen LogP contribution in [0, 0.1) is 0 Å². The zero-order chi connectivity index (χ0) is 40.9. The SMILES string of the molecule is CN(C)c1cccc2c(S(=O)(=O)N3CCN(S(=O)(=O)c4cccc5c(N(C)C)cccc45)CCN(S(=O)(=O)c4cccc5c(N(C)C)cccc45)CC3)cccc12. The van der Waals surface area contributed by atoms with Gasteiger partial charge in [0.25, 0.3) is 0 Å². The van der Waals surface area contributed by atoms with Crippen LogP contribution in [0.2, 0.25) is 0 Å². The van der Waals surface area contributed by atoms with Crippen molar-refractivity contribution in [2.75, 3.05) is 96.3 Å². The minimum Gasteiger partial charge on any atom is -0.377 e. The van der Waals surface area contributed by atoms with Gasteiger partial charge in [-0.15, -0.1) is 0 Å². The second-order valence-corrected chi connectivity index (χ2v) is 20.5. The lowest BCUT2D eigenvalue weighted by Gasteiger charge is -2.26.